The van der Waals surface area contributed by atoms with Crippen LogP contribution in [-0.4, -0.2) is 25.5 Å². The quantitative estimate of drug-likeness (QED) is 0.515. The summed E-state index contributed by atoms with van der Waals surface area (Å²) in [6.07, 6.45) is 0. The largest absolute Gasteiger partial charge is 0.495 e. The highest BCUT2D eigenvalue weighted by Crippen LogP contribution is 2.36. The first-order valence-corrected chi connectivity index (χ1v) is 10.8. The van der Waals surface area contributed by atoms with Gasteiger partial charge in [-0.1, -0.05) is 30.3 Å². The summed E-state index contributed by atoms with van der Waals surface area (Å²) < 4.78 is 10.9. The Morgan fingerprint density at radius 2 is 1.61 bits per heavy atom. The predicted octanol–water partition coefficient (Wildman–Crippen LogP) is 5.11. The van der Waals surface area contributed by atoms with E-state index in [1.807, 2.05) is 51.1 Å². The fraction of sp³-hybridized carbons (Fsp3) is 0.185. The number of rotatable bonds is 7. The number of benzene rings is 3. The Kier molecular flexibility index (Phi) is 6.18. The van der Waals surface area contributed by atoms with E-state index in [2.05, 4.69) is 5.32 Å². The minimum absolute atomic E-state index is 0.210. The van der Waals surface area contributed by atoms with E-state index in [4.69, 9.17) is 9.47 Å². The highest BCUT2D eigenvalue weighted by atomic mass is 16.5. The van der Waals surface area contributed by atoms with Gasteiger partial charge in [0.15, 0.2) is 0 Å². The third-order valence-corrected chi connectivity index (χ3v) is 5.65. The Morgan fingerprint density at radius 1 is 0.879 bits per heavy atom. The number of imide groups is 1. The van der Waals surface area contributed by atoms with E-state index in [0.717, 1.165) is 11.1 Å². The number of amides is 2. The maximum Gasteiger partial charge on any atom is 0.282 e. The van der Waals surface area contributed by atoms with Crippen molar-refractivity contribution in [3.63, 3.8) is 0 Å². The van der Waals surface area contributed by atoms with E-state index >= 15 is 0 Å². The van der Waals surface area contributed by atoms with Crippen molar-refractivity contribution >= 4 is 28.8 Å². The van der Waals surface area contributed by atoms with Crippen LogP contribution in [0.15, 0.2) is 72.4 Å². The van der Waals surface area contributed by atoms with Gasteiger partial charge in [0.05, 0.1) is 30.7 Å². The molecule has 6 heteroatoms. The monoisotopic (exact) mass is 442 g/mol. The summed E-state index contributed by atoms with van der Waals surface area (Å²) in [6.45, 7) is 6.43. The number of hydrogen-bond acceptors (Lipinski definition) is 5. The van der Waals surface area contributed by atoms with Gasteiger partial charge in [0.1, 0.15) is 17.2 Å². The molecule has 0 aliphatic carbocycles. The molecule has 2 amide bonds. The van der Waals surface area contributed by atoms with Gasteiger partial charge < -0.3 is 14.8 Å². The van der Waals surface area contributed by atoms with Gasteiger partial charge in [0.2, 0.25) is 0 Å². The summed E-state index contributed by atoms with van der Waals surface area (Å²) in [5.74, 6) is 0.437. The Morgan fingerprint density at radius 3 is 2.27 bits per heavy atom. The first-order valence-electron chi connectivity index (χ1n) is 10.8. The fourth-order valence-electron chi connectivity index (χ4n) is 3.79. The minimum atomic E-state index is -0.428. The minimum Gasteiger partial charge on any atom is -0.495 e. The summed E-state index contributed by atoms with van der Waals surface area (Å²) in [7, 11) is 1.56. The zero-order valence-corrected chi connectivity index (χ0v) is 19.1. The number of para-hydroxylation sites is 2. The van der Waals surface area contributed by atoms with Crippen LogP contribution in [0.2, 0.25) is 0 Å². The van der Waals surface area contributed by atoms with Crippen LogP contribution < -0.4 is 19.7 Å². The van der Waals surface area contributed by atoms with Gasteiger partial charge in [-0.3, -0.25) is 9.59 Å². The maximum atomic E-state index is 13.6. The zero-order chi connectivity index (χ0) is 23.5. The molecule has 3 aromatic carbocycles. The SMILES string of the molecule is CCOc1ccc(N2C(=O)C(Nc3ccccc3OC)=C(c3ccc(C)c(C)c3)C2=O)cc1. The number of carbonyl (C=O) groups is 2. The standard InChI is InChI=1S/C27H26N2O4/c1-5-33-21-14-12-20(13-15-21)29-26(30)24(19-11-10-17(2)18(3)16-19)25(27(29)31)28-22-8-6-7-9-23(22)32-4/h6-16,28H,5H2,1-4H3. The second-order valence-corrected chi connectivity index (χ2v) is 7.75. The molecule has 0 bridgehead atoms. The predicted molar refractivity (Wildman–Crippen MR) is 130 cm³/mol. The third kappa shape index (κ3) is 4.20. The molecule has 0 aromatic heterocycles. The first kappa shape index (κ1) is 22.1. The van der Waals surface area contributed by atoms with Gasteiger partial charge in [0, 0.05) is 0 Å². The molecule has 0 saturated heterocycles. The van der Waals surface area contributed by atoms with Crippen molar-refractivity contribution in [2.24, 2.45) is 0 Å². The molecule has 6 nitrogen and oxygen atoms in total. The van der Waals surface area contributed by atoms with Crippen molar-refractivity contribution in [2.45, 2.75) is 20.8 Å². The highest BCUT2D eigenvalue weighted by molar-refractivity contribution is 6.46. The molecular weight excluding hydrogens is 416 g/mol. The van der Waals surface area contributed by atoms with Crippen molar-refractivity contribution in [2.75, 3.05) is 23.9 Å². The molecule has 0 spiro atoms. The molecule has 0 fully saturated rings. The van der Waals surface area contributed by atoms with Gasteiger partial charge in [0.25, 0.3) is 11.8 Å². The Labute approximate surface area is 193 Å². The van der Waals surface area contributed by atoms with Crippen molar-refractivity contribution in [1.29, 1.82) is 0 Å². The summed E-state index contributed by atoms with van der Waals surface area (Å²) in [4.78, 5) is 28.4. The molecule has 1 heterocycles. The van der Waals surface area contributed by atoms with Crippen molar-refractivity contribution in [3.05, 3.63) is 89.1 Å². The van der Waals surface area contributed by atoms with E-state index in [0.29, 0.717) is 40.6 Å². The second-order valence-electron chi connectivity index (χ2n) is 7.75. The van der Waals surface area contributed by atoms with Crippen LogP contribution in [-0.2, 0) is 9.59 Å². The maximum absolute atomic E-state index is 13.6. The van der Waals surface area contributed by atoms with E-state index in [1.54, 1.807) is 43.5 Å². The van der Waals surface area contributed by atoms with E-state index in [1.165, 1.54) is 4.90 Å². The molecule has 168 valence electrons. The van der Waals surface area contributed by atoms with Crippen LogP contribution in [0.1, 0.15) is 23.6 Å². The molecule has 1 N–H and O–H groups in total. The van der Waals surface area contributed by atoms with Gasteiger partial charge in [-0.15, -0.1) is 0 Å². The number of nitrogens with one attached hydrogen (secondary N) is 1. The Hall–Kier alpha value is -4.06. The van der Waals surface area contributed by atoms with Crippen LogP contribution in [0.5, 0.6) is 11.5 Å². The molecule has 33 heavy (non-hydrogen) atoms. The smallest absolute Gasteiger partial charge is 0.282 e. The lowest BCUT2D eigenvalue weighted by molar-refractivity contribution is -0.120. The number of aryl methyl sites for hydroxylation is 2. The molecular formula is C27H26N2O4. The van der Waals surface area contributed by atoms with Crippen LogP contribution in [0.4, 0.5) is 11.4 Å². The lowest BCUT2D eigenvalue weighted by Gasteiger charge is -2.16. The third-order valence-electron chi connectivity index (χ3n) is 5.65. The average Bonchev–Trinajstić information content (AvgIpc) is 3.06. The molecule has 4 rings (SSSR count). The first-order chi connectivity index (χ1) is 15.9. The summed E-state index contributed by atoms with van der Waals surface area (Å²) >= 11 is 0. The number of ether oxygens (including phenoxy) is 2. The van der Waals surface area contributed by atoms with E-state index in [-0.39, 0.29) is 11.6 Å². The van der Waals surface area contributed by atoms with Gasteiger partial charge in [-0.25, -0.2) is 4.90 Å². The topological polar surface area (TPSA) is 67.9 Å². The number of methoxy groups -OCH3 is 1. The number of anilines is 2. The van der Waals surface area contributed by atoms with Crippen LogP contribution in [0.25, 0.3) is 5.57 Å². The van der Waals surface area contributed by atoms with Crippen molar-refractivity contribution in [3.8, 4) is 11.5 Å². The fourth-order valence-corrected chi connectivity index (χ4v) is 3.79. The Balaban J connectivity index is 1.81. The summed E-state index contributed by atoms with van der Waals surface area (Å²) in [5.41, 5.74) is 4.44. The molecule has 0 saturated carbocycles. The lowest BCUT2D eigenvalue weighted by Crippen LogP contribution is -2.32. The number of hydrogen-bond donors (Lipinski definition) is 1. The van der Waals surface area contributed by atoms with Crippen LogP contribution >= 0.6 is 0 Å². The number of nitrogens with zero attached hydrogens (tertiary/aromatic N) is 1. The van der Waals surface area contributed by atoms with Crippen molar-refractivity contribution < 1.29 is 19.1 Å². The van der Waals surface area contributed by atoms with Crippen LogP contribution in [0, 0.1) is 13.8 Å². The average molecular weight is 443 g/mol. The molecule has 1 aliphatic heterocycles. The zero-order valence-electron chi connectivity index (χ0n) is 19.1. The lowest BCUT2D eigenvalue weighted by atomic mass is 9.99. The molecule has 0 atom stereocenters. The summed E-state index contributed by atoms with van der Waals surface area (Å²) in [6, 6.07) is 20.0. The highest BCUT2D eigenvalue weighted by Gasteiger charge is 2.40. The van der Waals surface area contributed by atoms with E-state index in [9.17, 15) is 9.59 Å². The van der Waals surface area contributed by atoms with Crippen LogP contribution in [0.3, 0.4) is 0 Å². The van der Waals surface area contributed by atoms with Gasteiger partial charge >= 0.3 is 0 Å². The molecule has 0 radical (unpaired) electrons. The van der Waals surface area contributed by atoms with Crippen molar-refractivity contribution in [1.82, 2.24) is 0 Å². The molecule has 0 unspecified atom stereocenters. The van der Waals surface area contributed by atoms with E-state index < -0.39 is 5.91 Å². The molecule has 1 aliphatic rings. The van der Waals surface area contributed by atoms with Gasteiger partial charge in [-0.05, 0) is 73.9 Å². The number of carbonyl (C=O) groups excluding carboxylic acids is 2. The normalized spacial score (nSPS) is 13.5. The summed E-state index contributed by atoms with van der Waals surface area (Å²) in [5, 5.41) is 3.17. The second kappa shape index (κ2) is 9.20. The Bertz CT molecular complexity index is 1250. The molecule has 3 aromatic rings. The van der Waals surface area contributed by atoms with Gasteiger partial charge in [-0.2, -0.15) is 0 Å².